The van der Waals surface area contributed by atoms with E-state index in [9.17, 15) is 29.2 Å². The topological polar surface area (TPSA) is 106 Å². The van der Waals surface area contributed by atoms with Crippen molar-refractivity contribution in [1.82, 2.24) is 9.88 Å². The summed E-state index contributed by atoms with van der Waals surface area (Å²) in [5.74, 6) is -1.27. The van der Waals surface area contributed by atoms with E-state index >= 15 is 0 Å². The molecule has 178 valence electrons. The van der Waals surface area contributed by atoms with Gasteiger partial charge in [-0.25, -0.2) is 13.8 Å². The molecule has 1 aromatic carbocycles. The van der Waals surface area contributed by atoms with Crippen LogP contribution in [0.1, 0.15) is 31.4 Å². The minimum Gasteiger partial charge on any atom is -0.389 e. The van der Waals surface area contributed by atoms with Crippen LogP contribution in [0.15, 0.2) is 23.6 Å². The van der Waals surface area contributed by atoms with E-state index in [0.717, 1.165) is 37.4 Å². The first-order valence-electron chi connectivity index (χ1n) is 10.8. The van der Waals surface area contributed by atoms with Crippen molar-refractivity contribution >= 4 is 11.3 Å². The van der Waals surface area contributed by atoms with Crippen LogP contribution in [0.3, 0.4) is 0 Å². The Morgan fingerprint density at radius 3 is 2.22 bits per heavy atom. The predicted molar refractivity (Wildman–Crippen MR) is 116 cm³/mol. The second kappa shape index (κ2) is 12.1. The fourth-order valence-electron chi connectivity index (χ4n) is 3.71. The first-order chi connectivity index (χ1) is 15.3. The lowest BCUT2D eigenvalue weighted by Crippen LogP contribution is -2.43. The Morgan fingerprint density at radius 2 is 1.56 bits per heavy atom. The number of aliphatic hydroxyl groups is 4. The molecule has 4 N–H and O–H groups in total. The van der Waals surface area contributed by atoms with Gasteiger partial charge in [-0.3, -0.25) is 4.90 Å². The number of hydrogen-bond acceptors (Lipinski definition) is 8. The minimum atomic E-state index is -1.34. The molecule has 0 spiro atoms. The molecule has 2 aromatic rings. The summed E-state index contributed by atoms with van der Waals surface area (Å²) in [4.78, 5) is 6.23. The predicted octanol–water partition coefficient (Wildman–Crippen LogP) is 1.92. The van der Waals surface area contributed by atoms with E-state index in [-0.39, 0.29) is 13.1 Å². The lowest BCUT2D eigenvalue weighted by molar-refractivity contribution is -0.0894. The molecule has 0 saturated carbocycles. The molecule has 7 nitrogen and oxygen atoms in total. The van der Waals surface area contributed by atoms with Gasteiger partial charge in [-0.15, -0.1) is 11.3 Å². The maximum atomic E-state index is 13.4. The van der Waals surface area contributed by atoms with Gasteiger partial charge >= 0.3 is 0 Å². The largest absolute Gasteiger partial charge is 0.389 e. The second-order valence-corrected chi connectivity index (χ2v) is 9.00. The molecule has 1 aliphatic heterocycles. The Balaban J connectivity index is 1.29. The van der Waals surface area contributed by atoms with Crippen LogP contribution in [0.2, 0.25) is 0 Å². The lowest BCUT2D eigenvalue weighted by Gasteiger charge is -2.23. The third-order valence-corrected chi connectivity index (χ3v) is 6.39. The summed E-state index contributed by atoms with van der Waals surface area (Å²) in [6.07, 6.45) is -1.20. The van der Waals surface area contributed by atoms with Crippen LogP contribution in [0.4, 0.5) is 8.78 Å². The zero-order valence-corrected chi connectivity index (χ0v) is 18.6. The molecule has 2 heterocycles. The van der Waals surface area contributed by atoms with Crippen molar-refractivity contribution in [3.05, 3.63) is 40.9 Å². The highest BCUT2D eigenvalue weighted by Crippen LogP contribution is 2.25. The quantitative estimate of drug-likeness (QED) is 0.392. The Kier molecular flexibility index (Phi) is 9.47. The van der Waals surface area contributed by atoms with Crippen molar-refractivity contribution < 1.29 is 33.9 Å². The maximum Gasteiger partial charge on any atom is 0.126 e. The molecule has 3 rings (SSSR count). The second-order valence-electron chi connectivity index (χ2n) is 8.14. The first-order valence-corrected chi connectivity index (χ1v) is 11.6. The number of hydrogen-bond donors (Lipinski definition) is 4. The monoisotopic (exact) mass is 472 g/mol. The molecule has 0 amide bonds. The molecule has 10 heteroatoms. The third-order valence-electron chi connectivity index (χ3n) is 5.45. The molecule has 1 aliphatic rings. The molecule has 4 atom stereocenters. The van der Waals surface area contributed by atoms with E-state index in [0.29, 0.717) is 30.3 Å². The third kappa shape index (κ3) is 7.24. The van der Waals surface area contributed by atoms with Crippen molar-refractivity contribution in [3.8, 4) is 10.6 Å². The normalized spacial score (nSPS) is 24.6. The molecule has 0 bridgehead atoms. The summed E-state index contributed by atoms with van der Waals surface area (Å²) in [6.45, 7) is 2.01. The molecular formula is C22H30F2N2O5S. The van der Waals surface area contributed by atoms with Gasteiger partial charge in [0.25, 0.3) is 0 Å². The fourth-order valence-corrected chi connectivity index (χ4v) is 4.50. The van der Waals surface area contributed by atoms with Gasteiger partial charge in [0.2, 0.25) is 0 Å². The van der Waals surface area contributed by atoms with Crippen molar-refractivity contribution in [2.24, 2.45) is 0 Å². The van der Waals surface area contributed by atoms with Crippen LogP contribution in [-0.2, 0) is 11.3 Å². The van der Waals surface area contributed by atoms with E-state index in [1.165, 1.54) is 23.5 Å². The summed E-state index contributed by atoms with van der Waals surface area (Å²) < 4.78 is 32.4. The molecule has 32 heavy (non-hydrogen) atoms. The van der Waals surface area contributed by atoms with Crippen LogP contribution < -0.4 is 0 Å². The van der Waals surface area contributed by atoms with Crippen molar-refractivity contribution in [3.63, 3.8) is 0 Å². The number of unbranched alkanes of at least 4 members (excludes halogenated alkanes) is 3. The van der Waals surface area contributed by atoms with E-state index in [4.69, 9.17) is 4.74 Å². The number of thiazole rings is 1. The SMILES string of the molecule is O[C@H]1[C@H](O)[C@@H](O)CN(CCCCCCOCc2csc(-c3cc(F)cc(F)c3)n2)C[C@@H]1O. The lowest BCUT2D eigenvalue weighted by atomic mass is 10.1. The van der Waals surface area contributed by atoms with E-state index in [1.54, 1.807) is 0 Å². The van der Waals surface area contributed by atoms with Crippen molar-refractivity contribution in [2.75, 3.05) is 26.2 Å². The number of β-amino-alcohol motifs (C(OH)–C–C–N with tert-alkyl or cyclic N) is 2. The summed E-state index contributed by atoms with van der Waals surface area (Å²) in [6, 6.07) is 3.34. The van der Waals surface area contributed by atoms with Crippen LogP contribution in [-0.4, -0.2) is 81.0 Å². The number of nitrogens with zero attached hydrogens (tertiary/aromatic N) is 2. The number of likely N-dealkylation sites (tertiary alicyclic amines) is 1. The Morgan fingerprint density at radius 1 is 0.938 bits per heavy atom. The van der Waals surface area contributed by atoms with Gasteiger partial charge in [0.05, 0.1) is 24.5 Å². The zero-order chi connectivity index (χ0) is 23.1. The minimum absolute atomic E-state index is 0.219. The van der Waals surface area contributed by atoms with Gasteiger partial charge < -0.3 is 25.2 Å². The average Bonchev–Trinajstić information content (AvgIpc) is 3.19. The van der Waals surface area contributed by atoms with Crippen LogP contribution in [0, 0.1) is 11.6 Å². The molecule has 1 saturated heterocycles. The van der Waals surface area contributed by atoms with E-state index in [2.05, 4.69) is 4.98 Å². The van der Waals surface area contributed by atoms with Gasteiger partial charge in [0.15, 0.2) is 0 Å². The average molecular weight is 473 g/mol. The van der Waals surface area contributed by atoms with Crippen LogP contribution in [0.5, 0.6) is 0 Å². The van der Waals surface area contributed by atoms with Gasteiger partial charge in [0.1, 0.15) is 28.8 Å². The summed E-state index contributed by atoms with van der Waals surface area (Å²) in [5, 5.41) is 41.6. The number of rotatable bonds is 10. The van der Waals surface area contributed by atoms with Gasteiger partial charge in [-0.1, -0.05) is 12.8 Å². The van der Waals surface area contributed by atoms with Gasteiger partial charge in [0, 0.05) is 36.7 Å². The molecule has 0 unspecified atom stereocenters. The van der Waals surface area contributed by atoms with Gasteiger partial charge in [-0.2, -0.15) is 0 Å². The summed E-state index contributed by atoms with van der Waals surface area (Å²) >= 11 is 1.31. The van der Waals surface area contributed by atoms with Crippen LogP contribution in [0.25, 0.3) is 10.6 Å². The summed E-state index contributed by atoms with van der Waals surface area (Å²) in [5.41, 5.74) is 1.13. The standard InChI is InChI=1S/C22H30F2N2O5S/c23-15-7-14(8-16(24)9-15)22-25-17(13-32-22)12-31-6-4-2-1-3-5-26-10-18(27)20(29)21(30)19(28)11-26/h7-9,13,18-21,27-30H,1-6,10-12H2/t18-,19-,20+,21+/m0/s1. The smallest absolute Gasteiger partial charge is 0.126 e. The number of aliphatic hydroxyl groups excluding tert-OH is 4. The maximum absolute atomic E-state index is 13.4. The zero-order valence-electron chi connectivity index (χ0n) is 17.7. The van der Waals surface area contributed by atoms with Gasteiger partial charge in [-0.05, 0) is 31.5 Å². The highest BCUT2D eigenvalue weighted by Gasteiger charge is 2.35. The van der Waals surface area contributed by atoms with E-state index in [1.807, 2.05) is 10.3 Å². The Hall–Kier alpha value is -1.53. The molecule has 0 radical (unpaired) electrons. The van der Waals surface area contributed by atoms with Crippen LogP contribution >= 0.6 is 11.3 Å². The fraction of sp³-hybridized carbons (Fsp3) is 0.591. The molecule has 1 aromatic heterocycles. The highest BCUT2D eigenvalue weighted by molar-refractivity contribution is 7.13. The first kappa shape index (κ1) is 25.1. The Labute approximate surface area is 189 Å². The van der Waals surface area contributed by atoms with Crippen molar-refractivity contribution in [2.45, 2.75) is 56.7 Å². The molecule has 1 fully saturated rings. The van der Waals surface area contributed by atoms with E-state index < -0.39 is 36.1 Å². The Bertz CT molecular complexity index is 819. The number of ether oxygens (including phenoxy) is 1. The number of aromatic nitrogens is 1. The number of benzene rings is 1. The number of halogens is 2. The summed E-state index contributed by atoms with van der Waals surface area (Å²) in [7, 11) is 0. The highest BCUT2D eigenvalue weighted by atomic mass is 32.1. The molecule has 0 aliphatic carbocycles. The van der Waals surface area contributed by atoms with Crippen molar-refractivity contribution in [1.29, 1.82) is 0 Å². The molecular weight excluding hydrogens is 442 g/mol.